The van der Waals surface area contributed by atoms with Gasteiger partial charge in [-0.15, -0.1) is 0 Å². The van der Waals surface area contributed by atoms with E-state index in [1.54, 1.807) is 7.11 Å². The van der Waals surface area contributed by atoms with Gasteiger partial charge in [-0.05, 0) is 38.2 Å². The summed E-state index contributed by atoms with van der Waals surface area (Å²) in [6.45, 7) is 2.60. The van der Waals surface area contributed by atoms with E-state index in [9.17, 15) is 0 Å². The highest BCUT2D eigenvalue weighted by Gasteiger charge is 2.16. The largest absolute Gasteiger partial charge is 0.481 e. The van der Waals surface area contributed by atoms with Crippen molar-refractivity contribution in [3.63, 3.8) is 0 Å². The first-order valence-corrected chi connectivity index (χ1v) is 6.35. The minimum absolute atomic E-state index is 0.710. The molecular weight excluding hydrogens is 230 g/mol. The van der Waals surface area contributed by atoms with Gasteiger partial charge in [0.2, 0.25) is 5.88 Å². The molecule has 0 aliphatic heterocycles. The summed E-state index contributed by atoms with van der Waals surface area (Å²) in [5.74, 6) is -0.0415. The Kier molecular flexibility index (Phi) is 5.56. The zero-order chi connectivity index (χ0) is 13.6. The first-order chi connectivity index (χ1) is 8.40. The van der Waals surface area contributed by atoms with E-state index in [1.165, 1.54) is 45.1 Å². The summed E-state index contributed by atoms with van der Waals surface area (Å²) in [6.07, 6.45) is 7.35. The number of methoxy groups -OCH3 is 1. The third-order valence-corrected chi connectivity index (χ3v) is 2.79. The molecule has 1 aliphatic rings. The lowest BCUT2D eigenvalue weighted by molar-refractivity contribution is -0.127. The van der Waals surface area contributed by atoms with E-state index in [0.29, 0.717) is 5.88 Å². The number of hydrogen-bond acceptors (Lipinski definition) is 4. The number of hydrogen-bond donors (Lipinski definition) is 2. The van der Waals surface area contributed by atoms with Crippen molar-refractivity contribution in [1.29, 1.82) is 0 Å². The van der Waals surface area contributed by atoms with Crippen molar-refractivity contribution in [2.24, 2.45) is 0 Å². The molecule has 0 spiro atoms. The zero-order valence-electron chi connectivity index (χ0n) is 11.4. The van der Waals surface area contributed by atoms with E-state index in [1.807, 2.05) is 12.3 Å². The molecule has 1 aromatic heterocycles. The Morgan fingerprint density at radius 3 is 2.17 bits per heavy atom. The van der Waals surface area contributed by atoms with Crippen LogP contribution in [-0.4, -0.2) is 28.1 Å². The highest BCUT2D eigenvalue weighted by molar-refractivity contribution is 5.21. The maximum atomic E-state index is 8.08. The molecule has 1 aromatic rings. The fraction of sp³-hybridized carbons (Fsp3) is 0.643. The van der Waals surface area contributed by atoms with Crippen LogP contribution in [-0.2, 0) is 0 Å². The van der Waals surface area contributed by atoms with Crippen LogP contribution in [0.5, 0.6) is 5.88 Å². The maximum absolute atomic E-state index is 8.08. The molecule has 102 valence electrons. The third-order valence-electron chi connectivity index (χ3n) is 2.79. The van der Waals surface area contributed by atoms with Gasteiger partial charge in [-0.1, -0.05) is 18.9 Å². The molecule has 2 rings (SSSR count). The number of pyridine rings is 1. The van der Waals surface area contributed by atoms with Crippen LogP contribution in [0, 0.1) is 0 Å². The Balaban J connectivity index is 0.000000280. The minimum Gasteiger partial charge on any atom is -0.481 e. The van der Waals surface area contributed by atoms with Gasteiger partial charge in [0.25, 0.3) is 0 Å². The Morgan fingerprint density at radius 1 is 1.22 bits per heavy atom. The molecule has 18 heavy (non-hydrogen) atoms. The van der Waals surface area contributed by atoms with E-state index >= 15 is 0 Å². The predicted molar refractivity (Wildman–Crippen MR) is 70.5 cm³/mol. The summed E-state index contributed by atoms with van der Waals surface area (Å²) in [5.41, 5.74) is 1.37. The number of aromatic nitrogens is 1. The van der Waals surface area contributed by atoms with Crippen LogP contribution in [0.3, 0.4) is 0 Å². The first kappa shape index (κ1) is 14.9. The van der Waals surface area contributed by atoms with Crippen molar-refractivity contribution in [3.8, 4) is 5.88 Å². The second-order valence-corrected chi connectivity index (χ2v) is 5.11. The van der Waals surface area contributed by atoms with Gasteiger partial charge in [-0.25, -0.2) is 4.98 Å². The fourth-order valence-corrected chi connectivity index (χ4v) is 2.01. The molecular formula is C14H23NO3. The van der Waals surface area contributed by atoms with Gasteiger partial charge >= 0.3 is 0 Å². The minimum atomic E-state index is -1.50. The summed E-state index contributed by atoms with van der Waals surface area (Å²) >= 11 is 0. The van der Waals surface area contributed by atoms with Crippen LogP contribution in [0.2, 0.25) is 0 Å². The molecule has 0 atom stereocenters. The molecule has 2 N–H and O–H groups in total. The Bertz CT molecular complexity index is 331. The van der Waals surface area contributed by atoms with Crippen molar-refractivity contribution in [2.45, 2.75) is 51.2 Å². The lowest BCUT2D eigenvalue weighted by atomic mass is 10.00. The zero-order valence-corrected chi connectivity index (χ0v) is 11.4. The molecule has 1 saturated carbocycles. The van der Waals surface area contributed by atoms with E-state index in [2.05, 4.69) is 11.1 Å². The average Bonchev–Trinajstić information content (AvgIpc) is 2.80. The summed E-state index contributed by atoms with van der Waals surface area (Å²) in [5, 5.41) is 16.2. The molecule has 0 unspecified atom stereocenters. The molecule has 0 amide bonds. The Morgan fingerprint density at radius 2 is 1.78 bits per heavy atom. The monoisotopic (exact) mass is 253 g/mol. The smallest absolute Gasteiger partial charge is 0.212 e. The second-order valence-electron chi connectivity index (χ2n) is 5.11. The van der Waals surface area contributed by atoms with Crippen molar-refractivity contribution >= 4 is 0 Å². The topological polar surface area (TPSA) is 62.6 Å². The van der Waals surface area contributed by atoms with Crippen molar-refractivity contribution in [3.05, 3.63) is 23.9 Å². The average molecular weight is 253 g/mol. The summed E-state index contributed by atoms with van der Waals surface area (Å²) < 4.78 is 5.02. The summed E-state index contributed by atoms with van der Waals surface area (Å²) in [7, 11) is 1.65. The van der Waals surface area contributed by atoms with Crippen LogP contribution in [0.1, 0.15) is 51.0 Å². The van der Waals surface area contributed by atoms with Crippen molar-refractivity contribution in [1.82, 2.24) is 4.98 Å². The van der Waals surface area contributed by atoms with Crippen molar-refractivity contribution in [2.75, 3.05) is 7.11 Å². The second kappa shape index (κ2) is 6.71. The highest BCUT2D eigenvalue weighted by Crippen LogP contribution is 2.33. The van der Waals surface area contributed by atoms with Gasteiger partial charge in [0, 0.05) is 12.3 Å². The normalized spacial score (nSPS) is 16.1. The molecule has 0 bridgehead atoms. The third kappa shape index (κ3) is 5.98. The molecule has 1 aliphatic carbocycles. The number of ether oxygens (including phenoxy) is 1. The summed E-state index contributed by atoms with van der Waals surface area (Å²) in [4.78, 5) is 4.22. The number of aliphatic hydroxyl groups is 2. The lowest BCUT2D eigenvalue weighted by Crippen LogP contribution is -2.15. The van der Waals surface area contributed by atoms with Crippen LogP contribution < -0.4 is 4.74 Å². The van der Waals surface area contributed by atoms with Crippen molar-refractivity contribution < 1.29 is 14.9 Å². The van der Waals surface area contributed by atoms with Crippen LogP contribution >= 0.6 is 0 Å². The summed E-state index contributed by atoms with van der Waals surface area (Å²) in [6, 6.07) is 4.09. The number of nitrogens with zero attached hydrogens (tertiary/aromatic N) is 1. The molecule has 4 nitrogen and oxygen atoms in total. The van der Waals surface area contributed by atoms with Gasteiger partial charge in [-0.3, -0.25) is 0 Å². The van der Waals surface area contributed by atoms with Gasteiger partial charge < -0.3 is 14.9 Å². The van der Waals surface area contributed by atoms with Gasteiger partial charge in [-0.2, -0.15) is 0 Å². The van der Waals surface area contributed by atoms with E-state index in [0.717, 1.165) is 5.92 Å². The SMILES string of the molecule is CC(C)(O)O.COc1ccc(C2CCCC2)cn1. The predicted octanol–water partition coefficient (Wildman–Crippen LogP) is 2.45. The lowest BCUT2D eigenvalue weighted by Gasteiger charge is -2.08. The Labute approximate surface area is 109 Å². The van der Waals surface area contributed by atoms with Gasteiger partial charge in [0.1, 0.15) is 0 Å². The van der Waals surface area contributed by atoms with Crippen LogP contribution in [0.15, 0.2) is 18.3 Å². The maximum Gasteiger partial charge on any atom is 0.212 e. The van der Waals surface area contributed by atoms with Gasteiger partial charge in [0.15, 0.2) is 5.79 Å². The Hall–Kier alpha value is -1.13. The standard InChI is InChI=1S/C11H15NO.C3H8O2/c1-13-11-7-6-10(8-12-11)9-4-2-3-5-9;1-3(2,4)5/h6-9H,2-5H2,1H3;4-5H,1-2H3. The fourth-order valence-electron chi connectivity index (χ4n) is 2.01. The molecule has 4 heteroatoms. The molecule has 0 saturated heterocycles. The molecule has 1 heterocycles. The first-order valence-electron chi connectivity index (χ1n) is 6.35. The quantitative estimate of drug-likeness (QED) is 0.795. The molecule has 1 fully saturated rings. The molecule has 0 radical (unpaired) electrons. The van der Waals surface area contributed by atoms with Crippen LogP contribution in [0.25, 0.3) is 0 Å². The molecule has 0 aromatic carbocycles. The van der Waals surface area contributed by atoms with E-state index < -0.39 is 5.79 Å². The van der Waals surface area contributed by atoms with Crippen LogP contribution in [0.4, 0.5) is 0 Å². The van der Waals surface area contributed by atoms with Gasteiger partial charge in [0.05, 0.1) is 7.11 Å². The van der Waals surface area contributed by atoms with E-state index in [4.69, 9.17) is 14.9 Å². The highest BCUT2D eigenvalue weighted by atomic mass is 16.5. The number of rotatable bonds is 2. The van der Waals surface area contributed by atoms with E-state index in [-0.39, 0.29) is 0 Å².